The molecule has 0 aromatic rings. The summed E-state index contributed by atoms with van der Waals surface area (Å²) in [5.41, 5.74) is 0.190. The number of ketones is 1. The number of hydrogen-bond acceptors (Lipinski definition) is 3. The second-order valence-electron chi connectivity index (χ2n) is 9.52. The van der Waals surface area contributed by atoms with Crippen LogP contribution in [0.2, 0.25) is 0 Å². The lowest BCUT2D eigenvalue weighted by molar-refractivity contribution is -0.143. The maximum absolute atomic E-state index is 12.8. The van der Waals surface area contributed by atoms with Crippen LogP contribution >= 0.6 is 0 Å². The molecular formula is C20H32O3. The maximum Gasteiger partial charge on any atom is 0.144 e. The molecule has 4 rings (SSSR count). The van der Waals surface area contributed by atoms with Crippen molar-refractivity contribution < 1.29 is 15.0 Å². The molecular weight excluding hydrogens is 288 g/mol. The third kappa shape index (κ3) is 2.12. The Balaban J connectivity index is 1.63. The van der Waals surface area contributed by atoms with E-state index in [0.29, 0.717) is 29.0 Å². The van der Waals surface area contributed by atoms with Gasteiger partial charge in [-0.25, -0.2) is 0 Å². The Bertz CT molecular complexity index is 503. The molecule has 0 radical (unpaired) electrons. The van der Waals surface area contributed by atoms with Gasteiger partial charge in [0.05, 0.1) is 12.7 Å². The molecule has 0 unspecified atom stereocenters. The van der Waals surface area contributed by atoms with Crippen LogP contribution in [0.4, 0.5) is 0 Å². The van der Waals surface area contributed by atoms with Crippen molar-refractivity contribution in [2.75, 3.05) is 6.61 Å². The number of aliphatic hydroxyl groups excluding tert-OH is 2. The highest BCUT2D eigenvalue weighted by Crippen LogP contribution is 2.66. The van der Waals surface area contributed by atoms with Gasteiger partial charge in [0.25, 0.3) is 0 Å². The second kappa shape index (κ2) is 5.29. The SMILES string of the molecule is C[C@]12CC[C@@H](O)C[C@@H]1CC[C@@H]1[C@@H]2CC[C@]2(C)C(=O)[C@@H](CO)C[C@@H]12. The first-order valence-electron chi connectivity index (χ1n) is 9.73. The van der Waals surface area contributed by atoms with E-state index in [1.54, 1.807) is 0 Å². The zero-order chi connectivity index (χ0) is 16.4. The van der Waals surface area contributed by atoms with Gasteiger partial charge in [0.2, 0.25) is 0 Å². The molecule has 3 heteroatoms. The fourth-order valence-corrected chi connectivity index (χ4v) is 7.33. The molecule has 4 fully saturated rings. The highest BCUT2D eigenvalue weighted by atomic mass is 16.3. The molecule has 23 heavy (non-hydrogen) atoms. The van der Waals surface area contributed by atoms with Gasteiger partial charge in [-0.15, -0.1) is 0 Å². The Kier molecular flexibility index (Phi) is 3.70. The van der Waals surface area contributed by atoms with Gasteiger partial charge >= 0.3 is 0 Å². The molecule has 0 aliphatic heterocycles. The summed E-state index contributed by atoms with van der Waals surface area (Å²) in [6, 6.07) is 0. The van der Waals surface area contributed by atoms with Gasteiger partial charge in [0, 0.05) is 11.3 Å². The molecule has 0 saturated heterocycles. The molecule has 0 amide bonds. The van der Waals surface area contributed by atoms with Crippen molar-refractivity contribution in [1.82, 2.24) is 0 Å². The largest absolute Gasteiger partial charge is 0.396 e. The van der Waals surface area contributed by atoms with E-state index in [4.69, 9.17) is 0 Å². The van der Waals surface area contributed by atoms with Gasteiger partial charge in [-0.3, -0.25) is 4.79 Å². The van der Waals surface area contributed by atoms with Gasteiger partial charge in [-0.2, -0.15) is 0 Å². The van der Waals surface area contributed by atoms with Crippen molar-refractivity contribution in [3.8, 4) is 0 Å². The zero-order valence-corrected chi connectivity index (χ0v) is 14.6. The van der Waals surface area contributed by atoms with Crippen LogP contribution in [0.5, 0.6) is 0 Å². The van der Waals surface area contributed by atoms with Gasteiger partial charge in [0.1, 0.15) is 5.78 Å². The summed E-state index contributed by atoms with van der Waals surface area (Å²) in [4.78, 5) is 12.8. The first-order chi connectivity index (χ1) is 10.9. The van der Waals surface area contributed by atoms with Gasteiger partial charge < -0.3 is 10.2 Å². The Hall–Kier alpha value is -0.410. The van der Waals surface area contributed by atoms with E-state index < -0.39 is 0 Å². The van der Waals surface area contributed by atoms with E-state index in [0.717, 1.165) is 38.0 Å². The Morgan fingerprint density at radius 2 is 1.83 bits per heavy atom. The Morgan fingerprint density at radius 3 is 2.57 bits per heavy atom. The smallest absolute Gasteiger partial charge is 0.144 e. The third-order valence-corrected chi connectivity index (χ3v) is 8.72. The summed E-state index contributed by atoms with van der Waals surface area (Å²) in [7, 11) is 0. The average molecular weight is 320 g/mol. The minimum atomic E-state index is -0.175. The van der Waals surface area contributed by atoms with Gasteiger partial charge in [-0.05, 0) is 80.5 Å². The molecule has 4 saturated carbocycles. The number of carbonyl (C=O) groups excluding carboxylic acids is 1. The van der Waals surface area contributed by atoms with Gasteiger partial charge in [0.15, 0.2) is 0 Å². The highest BCUT2D eigenvalue weighted by Gasteiger charge is 2.62. The Labute approximate surface area is 139 Å². The molecule has 0 spiro atoms. The molecule has 3 nitrogen and oxygen atoms in total. The van der Waals surface area contributed by atoms with Crippen molar-refractivity contribution in [2.24, 2.45) is 40.4 Å². The molecule has 0 aromatic carbocycles. The summed E-state index contributed by atoms with van der Waals surface area (Å²) in [5.74, 6) is 2.76. The quantitative estimate of drug-likeness (QED) is 0.780. The third-order valence-electron chi connectivity index (χ3n) is 8.72. The lowest BCUT2D eigenvalue weighted by Crippen LogP contribution is -2.54. The summed E-state index contributed by atoms with van der Waals surface area (Å²) in [5, 5.41) is 19.7. The lowest BCUT2D eigenvalue weighted by Gasteiger charge is -2.60. The van der Waals surface area contributed by atoms with E-state index in [1.165, 1.54) is 19.3 Å². The zero-order valence-electron chi connectivity index (χ0n) is 14.6. The van der Waals surface area contributed by atoms with E-state index in [2.05, 4.69) is 13.8 Å². The molecule has 130 valence electrons. The number of rotatable bonds is 1. The predicted molar refractivity (Wildman–Crippen MR) is 88.7 cm³/mol. The lowest BCUT2D eigenvalue weighted by atomic mass is 9.45. The summed E-state index contributed by atoms with van der Waals surface area (Å²) in [6.45, 7) is 4.70. The normalized spacial score (nSPS) is 55.9. The molecule has 2 N–H and O–H groups in total. The van der Waals surface area contributed by atoms with Crippen LogP contribution in [0.1, 0.15) is 65.2 Å². The van der Waals surface area contributed by atoms with Crippen molar-refractivity contribution in [3.05, 3.63) is 0 Å². The van der Waals surface area contributed by atoms with Crippen molar-refractivity contribution in [3.63, 3.8) is 0 Å². The highest BCUT2D eigenvalue weighted by molar-refractivity contribution is 5.89. The van der Waals surface area contributed by atoms with Crippen LogP contribution in [0, 0.1) is 40.4 Å². The number of Topliss-reactive ketones (excluding diaryl/α,β-unsaturated/α-hetero) is 1. The predicted octanol–water partition coefficient (Wildman–Crippen LogP) is 3.18. The number of fused-ring (bicyclic) bond motifs is 5. The second-order valence-corrected chi connectivity index (χ2v) is 9.52. The molecule has 4 aliphatic carbocycles. The molecule has 0 bridgehead atoms. The topological polar surface area (TPSA) is 57.5 Å². The Morgan fingerprint density at radius 1 is 1.04 bits per heavy atom. The van der Waals surface area contributed by atoms with Crippen molar-refractivity contribution in [1.29, 1.82) is 0 Å². The van der Waals surface area contributed by atoms with Gasteiger partial charge in [-0.1, -0.05) is 13.8 Å². The van der Waals surface area contributed by atoms with Crippen LogP contribution in [0.25, 0.3) is 0 Å². The minimum Gasteiger partial charge on any atom is -0.396 e. The molecule has 8 atom stereocenters. The fraction of sp³-hybridized carbons (Fsp3) is 0.950. The summed E-state index contributed by atoms with van der Waals surface area (Å²) in [6.07, 6.45) is 8.55. The van der Waals surface area contributed by atoms with E-state index in [9.17, 15) is 15.0 Å². The summed E-state index contributed by atoms with van der Waals surface area (Å²) >= 11 is 0. The minimum absolute atomic E-state index is 0.0361. The average Bonchev–Trinajstić information content (AvgIpc) is 2.79. The van der Waals surface area contributed by atoms with Crippen LogP contribution in [-0.4, -0.2) is 28.7 Å². The van der Waals surface area contributed by atoms with Crippen molar-refractivity contribution >= 4 is 5.78 Å². The molecule has 0 aromatic heterocycles. The standard InChI is InChI=1S/C20H32O3/c1-19-7-5-14(22)10-13(19)3-4-15-16(19)6-8-20(2)17(15)9-12(11-21)18(20)23/h12-17,21-22H,3-11H2,1-2H3/t12-,13+,14-,15-,16+,17+,19+,20+/m1/s1. The van der Waals surface area contributed by atoms with Crippen molar-refractivity contribution in [2.45, 2.75) is 71.3 Å². The number of aliphatic hydroxyl groups is 2. The van der Waals surface area contributed by atoms with E-state index in [1.807, 2.05) is 0 Å². The fourth-order valence-electron chi connectivity index (χ4n) is 7.33. The van der Waals surface area contributed by atoms with E-state index in [-0.39, 0.29) is 24.0 Å². The molecule has 4 aliphatic rings. The first kappa shape index (κ1) is 16.1. The maximum atomic E-state index is 12.8. The first-order valence-corrected chi connectivity index (χ1v) is 9.73. The number of carbonyl (C=O) groups is 1. The number of hydrogen-bond donors (Lipinski definition) is 2. The molecule has 0 heterocycles. The van der Waals surface area contributed by atoms with Crippen LogP contribution in [-0.2, 0) is 4.79 Å². The van der Waals surface area contributed by atoms with Crippen LogP contribution in [0.15, 0.2) is 0 Å². The van der Waals surface area contributed by atoms with Crippen LogP contribution in [0.3, 0.4) is 0 Å². The summed E-state index contributed by atoms with van der Waals surface area (Å²) < 4.78 is 0. The van der Waals surface area contributed by atoms with Crippen LogP contribution < -0.4 is 0 Å². The van der Waals surface area contributed by atoms with E-state index >= 15 is 0 Å². The monoisotopic (exact) mass is 320 g/mol.